The maximum absolute atomic E-state index is 11.8. The second-order valence-corrected chi connectivity index (χ2v) is 5.39. The highest BCUT2D eigenvalue weighted by Gasteiger charge is 2.18. The van der Waals surface area contributed by atoms with E-state index in [1.807, 2.05) is 30.3 Å². The molecule has 3 N–H and O–H groups in total. The minimum Gasteiger partial charge on any atom is -0.495 e. The van der Waals surface area contributed by atoms with Gasteiger partial charge in [-0.3, -0.25) is 4.79 Å². The SMILES string of the molecule is COc1ccccc1Nc1nc2c(cc1C(N)=O)CCCC2. The highest BCUT2D eigenvalue weighted by molar-refractivity contribution is 5.98. The van der Waals surface area contributed by atoms with Crippen molar-refractivity contribution in [3.63, 3.8) is 0 Å². The number of carbonyl (C=O) groups is 1. The van der Waals surface area contributed by atoms with Crippen LogP contribution in [0.4, 0.5) is 11.5 Å². The van der Waals surface area contributed by atoms with Crippen LogP contribution in [0.15, 0.2) is 30.3 Å². The Labute approximate surface area is 129 Å². The fourth-order valence-corrected chi connectivity index (χ4v) is 2.79. The van der Waals surface area contributed by atoms with Crippen LogP contribution in [0.1, 0.15) is 34.5 Å². The number of nitrogens with zero attached hydrogens (tertiary/aromatic N) is 1. The van der Waals surface area contributed by atoms with Crippen LogP contribution in [-0.2, 0) is 12.8 Å². The Bertz CT molecular complexity index is 713. The Kier molecular flexibility index (Phi) is 3.96. The number of hydrogen-bond acceptors (Lipinski definition) is 4. The van der Waals surface area contributed by atoms with E-state index in [1.54, 1.807) is 7.11 Å². The third-order valence-corrected chi connectivity index (χ3v) is 3.93. The largest absolute Gasteiger partial charge is 0.495 e. The number of aryl methyl sites for hydroxylation is 2. The topological polar surface area (TPSA) is 77.2 Å². The fraction of sp³-hybridized carbons (Fsp3) is 0.294. The van der Waals surface area contributed by atoms with Crippen LogP contribution in [-0.4, -0.2) is 18.0 Å². The number of ether oxygens (including phenoxy) is 1. The van der Waals surface area contributed by atoms with Crippen LogP contribution in [0.25, 0.3) is 0 Å². The predicted molar refractivity (Wildman–Crippen MR) is 85.7 cm³/mol. The minimum absolute atomic E-state index is 0.423. The van der Waals surface area contributed by atoms with Crippen molar-refractivity contribution in [1.29, 1.82) is 0 Å². The Morgan fingerprint density at radius 1 is 1.27 bits per heavy atom. The molecule has 5 nitrogen and oxygen atoms in total. The van der Waals surface area contributed by atoms with Crippen molar-refractivity contribution < 1.29 is 9.53 Å². The molecule has 2 aromatic rings. The highest BCUT2D eigenvalue weighted by atomic mass is 16.5. The van der Waals surface area contributed by atoms with E-state index in [0.29, 0.717) is 17.1 Å². The Morgan fingerprint density at radius 3 is 2.82 bits per heavy atom. The molecule has 114 valence electrons. The van der Waals surface area contributed by atoms with Crippen LogP contribution < -0.4 is 15.8 Å². The number of fused-ring (bicyclic) bond motifs is 1. The average molecular weight is 297 g/mol. The summed E-state index contributed by atoms with van der Waals surface area (Å²) in [5, 5.41) is 3.19. The molecule has 0 fully saturated rings. The molecule has 3 rings (SSSR count). The number of para-hydroxylation sites is 2. The third-order valence-electron chi connectivity index (χ3n) is 3.93. The summed E-state index contributed by atoms with van der Waals surface area (Å²) in [7, 11) is 1.61. The van der Waals surface area contributed by atoms with Crippen LogP contribution >= 0.6 is 0 Å². The summed E-state index contributed by atoms with van der Waals surface area (Å²) < 4.78 is 5.32. The molecule has 0 unspecified atom stereocenters. The molecule has 0 atom stereocenters. The van der Waals surface area contributed by atoms with Gasteiger partial charge in [0.05, 0.1) is 18.4 Å². The zero-order valence-electron chi connectivity index (χ0n) is 12.6. The summed E-state index contributed by atoms with van der Waals surface area (Å²) in [6, 6.07) is 9.39. The molecule has 0 saturated heterocycles. The second kappa shape index (κ2) is 6.05. The summed E-state index contributed by atoms with van der Waals surface area (Å²) in [5.74, 6) is 0.716. The van der Waals surface area contributed by atoms with Crippen LogP contribution in [0.2, 0.25) is 0 Å². The van der Waals surface area contributed by atoms with E-state index in [0.717, 1.165) is 42.6 Å². The standard InChI is InChI=1S/C17H19N3O2/c1-22-15-9-5-4-8-14(15)20-17-12(16(18)21)10-11-6-2-3-7-13(11)19-17/h4-5,8-10H,2-3,6-7H2,1H3,(H2,18,21)(H,19,20). The average Bonchev–Trinajstić information content (AvgIpc) is 2.54. The number of nitrogens with two attached hydrogens (primary N) is 1. The Balaban J connectivity index is 2.03. The first-order chi connectivity index (χ1) is 10.7. The number of methoxy groups -OCH3 is 1. The van der Waals surface area contributed by atoms with E-state index in [2.05, 4.69) is 10.3 Å². The summed E-state index contributed by atoms with van der Waals surface area (Å²) in [6.07, 6.45) is 4.16. The van der Waals surface area contributed by atoms with Gasteiger partial charge < -0.3 is 15.8 Å². The molecule has 1 heterocycles. The van der Waals surface area contributed by atoms with E-state index in [4.69, 9.17) is 10.5 Å². The molecule has 0 radical (unpaired) electrons. The molecule has 22 heavy (non-hydrogen) atoms. The van der Waals surface area contributed by atoms with E-state index in [1.165, 1.54) is 0 Å². The quantitative estimate of drug-likeness (QED) is 0.909. The third kappa shape index (κ3) is 2.74. The molecule has 0 spiro atoms. The zero-order chi connectivity index (χ0) is 15.5. The molecule has 5 heteroatoms. The Morgan fingerprint density at radius 2 is 2.05 bits per heavy atom. The second-order valence-electron chi connectivity index (χ2n) is 5.39. The van der Waals surface area contributed by atoms with Gasteiger partial charge in [0.25, 0.3) is 5.91 Å². The number of carbonyl (C=O) groups excluding carboxylic acids is 1. The summed E-state index contributed by atoms with van der Waals surface area (Å²) >= 11 is 0. The number of nitrogens with one attached hydrogen (secondary N) is 1. The van der Waals surface area contributed by atoms with Gasteiger partial charge in [-0.2, -0.15) is 0 Å². The number of pyridine rings is 1. The van der Waals surface area contributed by atoms with Crippen LogP contribution in [0, 0.1) is 0 Å². The van der Waals surface area contributed by atoms with Crippen molar-refractivity contribution in [1.82, 2.24) is 4.98 Å². The smallest absolute Gasteiger partial charge is 0.252 e. The number of hydrogen-bond donors (Lipinski definition) is 2. The molecule has 0 aliphatic heterocycles. The lowest BCUT2D eigenvalue weighted by atomic mass is 9.94. The number of anilines is 2. The lowest BCUT2D eigenvalue weighted by Gasteiger charge is -2.19. The summed E-state index contributed by atoms with van der Waals surface area (Å²) in [4.78, 5) is 16.4. The lowest BCUT2D eigenvalue weighted by molar-refractivity contribution is 0.100. The fourth-order valence-electron chi connectivity index (χ4n) is 2.79. The van der Waals surface area contributed by atoms with Crippen LogP contribution in [0.5, 0.6) is 5.75 Å². The molecule has 0 saturated carbocycles. The number of aromatic nitrogens is 1. The first-order valence-electron chi connectivity index (χ1n) is 7.41. The van der Waals surface area contributed by atoms with Gasteiger partial charge in [-0.15, -0.1) is 0 Å². The number of rotatable bonds is 4. The van der Waals surface area contributed by atoms with E-state index < -0.39 is 5.91 Å². The molecule has 0 bridgehead atoms. The van der Waals surface area contributed by atoms with Gasteiger partial charge in [-0.05, 0) is 49.4 Å². The molecule has 1 aliphatic rings. The number of benzene rings is 1. The van der Waals surface area contributed by atoms with Crippen molar-refractivity contribution >= 4 is 17.4 Å². The summed E-state index contributed by atoms with van der Waals surface area (Å²) in [5.41, 5.74) is 8.88. The molecular formula is C17H19N3O2. The Hall–Kier alpha value is -2.56. The monoisotopic (exact) mass is 297 g/mol. The maximum atomic E-state index is 11.8. The van der Waals surface area contributed by atoms with E-state index in [9.17, 15) is 4.79 Å². The van der Waals surface area contributed by atoms with Crippen molar-refractivity contribution in [2.75, 3.05) is 12.4 Å². The first-order valence-corrected chi connectivity index (χ1v) is 7.41. The van der Waals surface area contributed by atoms with Crippen molar-refractivity contribution in [3.05, 3.63) is 47.2 Å². The van der Waals surface area contributed by atoms with Gasteiger partial charge in [0.2, 0.25) is 0 Å². The maximum Gasteiger partial charge on any atom is 0.252 e. The van der Waals surface area contributed by atoms with Gasteiger partial charge >= 0.3 is 0 Å². The minimum atomic E-state index is -0.474. The van der Waals surface area contributed by atoms with Gasteiger partial charge in [0.1, 0.15) is 11.6 Å². The molecule has 1 aromatic carbocycles. The van der Waals surface area contributed by atoms with Gasteiger partial charge in [-0.25, -0.2) is 4.98 Å². The molecule has 1 aliphatic carbocycles. The first kappa shape index (κ1) is 14.4. The van der Waals surface area contributed by atoms with E-state index >= 15 is 0 Å². The molecular weight excluding hydrogens is 278 g/mol. The normalized spacial score (nSPS) is 13.3. The van der Waals surface area contributed by atoms with Crippen LogP contribution in [0.3, 0.4) is 0 Å². The number of amides is 1. The zero-order valence-corrected chi connectivity index (χ0v) is 12.6. The van der Waals surface area contributed by atoms with E-state index in [-0.39, 0.29) is 0 Å². The molecule has 1 amide bonds. The summed E-state index contributed by atoms with van der Waals surface area (Å²) in [6.45, 7) is 0. The molecule has 1 aromatic heterocycles. The van der Waals surface area contributed by atoms with Crippen molar-refractivity contribution in [2.45, 2.75) is 25.7 Å². The van der Waals surface area contributed by atoms with Crippen molar-refractivity contribution in [3.8, 4) is 5.75 Å². The van der Waals surface area contributed by atoms with Gasteiger partial charge in [-0.1, -0.05) is 12.1 Å². The van der Waals surface area contributed by atoms with Gasteiger partial charge in [0, 0.05) is 5.69 Å². The van der Waals surface area contributed by atoms with Crippen molar-refractivity contribution in [2.24, 2.45) is 5.73 Å². The highest BCUT2D eigenvalue weighted by Crippen LogP contribution is 2.30. The number of primary amides is 1. The lowest BCUT2D eigenvalue weighted by Crippen LogP contribution is -2.17. The predicted octanol–water partition coefficient (Wildman–Crippen LogP) is 2.81. The van der Waals surface area contributed by atoms with Gasteiger partial charge in [0.15, 0.2) is 0 Å².